The molecule has 5 nitrogen and oxygen atoms in total. The van der Waals surface area contributed by atoms with Crippen LogP contribution in [0.1, 0.15) is 29.7 Å². The van der Waals surface area contributed by atoms with E-state index in [1.165, 1.54) is 31.9 Å². The molecule has 24 heavy (non-hydrogen) atoms. The van der Waals surface area contributed by atoms with Crippen molar-refractivity contribution < 1.29 is 17.9 Å². The van der Waals surface area contributed by atoms with E-state index in [2.05, 4.69) is 4.72 Å². The van der Waals surface area contributed by atoms with Crippen molar-refractivity contribution in [3.8, 4) is 11.5 Å². The lowest BCUT2D eigenvalue weighted by Crippen LogP contribution is -2.27. The number of methoxy groups -OCH3 is 2. The predicted molar refractivity (Wildman–Crippen MR) is 94.2 cm³/mol. The number of aryl methyl sites for hydroxylation is 2. The fourth-order valence-corrected chi connectivity index (χ4v) is 3.63. The molecule has 0 saturated heterocycles. The van der Waals surface area contributed by atoms with E-state index in [9.17, 15) is 8.42 Å². The van der Waals surface area contributed by atoms with Crippen molar-refractivity contribution in [3.05, 3.63) is 53.1 Å². The largest absolute Gasteiger partial charge is 0.493 e. The zero-order chi connectivity index (χ0) is 17.9. The van der Waals surface area contributed by atoms with Crippen LogP contribution in [0.5, 0.6) is 11.5 Å². The van der Waals surface area contributed by atoms with Gasteiger partial charge in [-0.25, -0.2) is 13.1 Å². The molecular formula is C18H23NO4S. The summed E-state index contributed by atoms with van der Waals surface area (Å²) in [5.41, 5.74) is 3.22. The molecule has 0 heterocycles. The molecule has 0 aliphatic carbocycles. The van der Waals surface area contributed by atoms with Crippen molar-refractivity contribution in [1.29, 1.82) is 0 Å². The normalized spacial score (nSPS) is 12.7. The van der Waals surface area contributed by atoms with Crippen molar-refractivity contribution in [2.45, 2.75) is 31.7 Å². The second-order valence-corrected chi connectivity index (χ2v) is 7.42. The average molecular weight is 349 g/mol. The van der Waals surface area contributed by atoms with Crippen LogP contribution in [0, 0.1) is 13.8 Å². The number of nitrogens with one attached hydrogen (secondary N) is 1. The zero-order valence-electron chi connectivity index (χ0n) is 14.6. The van der Waals surface area contributed by atoms with Gasteiger partial charge in [0.15, 0.2) is 11.5 Å². The maximum atomic E-state index is 12.6. The molecule has 2 rings (SSSR count). The van der Waals surface area contributed by atoms with E-state index in [-0.39, 0.29) is 10.9 Å². The van der Waals surface area contributed by atoms with Crippen molar-refractivity contribution in [3.63, 3.8) is 0 Å². The first-order chi connectivity index (χ1) is 11.3. The standard InChI is InChI=1S/C18H23NO4S/c1-12-6-7-15(10-13(12)2)14(3)19-24(20,21)16-8-9-17(22-4)18(11-16)23-5/h6-11,14,19H,1-5H3. The molecule has 1 N–H and O–H groups in total. The third kappa shape index (κ3) is 3.88. The van der Waals surface area contributed by atoms with E-state index in [0.29, 0.717) is 11.5 Å². The Kier molecular flexibility index (Phi) is 5.51. The summed E-state index contributed by atoms with van der Waals surface area (Å²) < 4.78 is 38.3. The van der Waals surface area contributed by atoms with Crippen LogP contribution < -0.4 is 14.2 Å². The van der Waals surface area contributed by atoms with Gasteiger partial charge in [0.1, 0.15) is 0 Å². The smallest absolute Gasteiger partial charge is 0.241 e. The first kappa shape index (κ1) is 18.3. The van der Waals surface area contributed by atoms with E-state index < -0.39 is 10.0 Å². The summed E-state index contributed by atoms with van der Waals surface area (Å²) in [6.45, 7) is 5.86. The van der Waals surface area contributed by atoms with Gasteiger partial charge in [-0.1, -0.05) is 18.2 Å². The summed E-state index contributed by atoms with van der Waals surface area (Å²) in [5, 5.41) is 0. The van der Waals surface area contributed by atoms with Gasteiger partial charge in [-0.2, -0.15) is 0 Å². The Hall–Kier alpha value is -2.05. The van der Waals surface area contributed by atoms with Crippen molar-refractivity contribution in [2.24, 2.45) is 0 Å². The maximum Gasteiger partial charge on any atom is 0.241 e. The van der Waals surface area contributed by atoms with E-state index in [1.807, 2.05) is 39.0 Å². The van der Waals surface area contributed by atoms with Gasteiger partial charge in [0.25, 0.3) is 0 Å². The Bertz CT molecular complexity index is 831. The minimum atomic E-state index is -3.67. The van der Waals surface area contributed by atoms with E-state index in [0.717, 1.165) is 11.1 Å². The van der Waals surface area contributed by atoms with Gasteiger partial charge in [-0.05, 0) is 49.6 Å². The van der Waals surface area contributed by atoms with Crippen LogP contribution in [0.2, 0.25) is 0 Å². The first-order valence-electron chi connectivity index (χ1n) is 7.60. The van der Waals surface area contributed by atoms with Crippen LogP contribution >= 0.6 is 0 Å². The highest BCUT2D eigenvalue weighted by Crippen LogP contribution is 2.30. The molecule has 2 aromatic rings. The highest BCUT2D eigenvalue weighted by molar-refractivity contribution is 7.89. The third-order valence-electron chi connectivity index (χ3n) is 4.03. The Morgan fingerprint density at radius 1 is 0.917 bits per heavy atom. The molecule has 0 spiro atoms. The number of hydrogen-bond acceptors (Lipinski definition) is 4. The van der Waals surface area contributed by atoms with Gasteiger partial charge < -0.3 is 9.47 Å². The Morgan fingerprint density at radius 2 is 1.58 bits per heavy atom. The van der Waals surface area contributed by atoms with Crippen molar-refractivity contribution in [1.82, 2.24) is 4.72 Å². The highest BCUT2D eigenvalue weighted by atomic mass is 32.2. The molecule has 0 amide bonds. The molecule has 0 aromatic heterocycles. The minimum Gasteiger partial charge on any atom is -0.493 e. The van der Waals surface area contributed by atoms with Gasteiger partial charge >= 0.3 is 0 Å². The number of sulfonamides is 1. The zero-order valence-corrected chi connectivity index (χ0v) is 15.4. The molecule has 130 valence electrons. The van der Waals surface area contributed by atoms with Crippen LogP contribution in [0.3, 0.4) is 0 Å². The first-order valence-corrected chi connectivity index (χ1v) is 9.08. The van der Waals surface area contributed by atoms with E-state index >= 15 is 0 Å². The molecule has 0 aliphatic heterocycles. The summed E-state index contributed by atoms with van der Waals surface area (Å²) in [6, 6.07) is 10.1. The van der Waals surface area contributed by atoms with Crippen LogP contribution in [-0.4, -0.2) is 22.6 Å². The second kappa shape index (κ2) is 7.23. The fourth-order valence-electron chi connectivity index (χ4n) is 2.39. The predicted octanol–water partition coefficient (Wildman–Crippen LogP) is 3.36. The van der Waals surface area contributed by atoms with Crippen LogP contribution in [0.4, 0.5) is 0 Å². The van der Waals surface area contributed by atoms with Crippen LogP contribution in [0.25, 0.3) is 0 Å². The summed E-state index contributed by atoms with van der Waals surface area (Å²) >= 11 is 0. The second-order valence-electron chi connectivity index (χ2n) is 5.70. The summed E-state index contributed by atoms with van der Waals surface area (Å²) in [7, 11) is -0.696. The Labute approximate surface area is 143 Å². The third-order valence-corrected chi connectivity index (χ3v) is 5.57. The molecule has 1 atom stereocenters. The highest BCUT2D eigenvalue weighted by Gasteiger charge is 2.20. The number of rotatable bonds is 6. The van der Waals surface area contributed by atoms with Crippen molar-refractivity contribution >= 4 is 10.0 Å². The average Bonchev–Trinajstić information content (AvgIpc) is 2.56. The van der Waals surface area contributed by atoms with Crippen molar-refractivity contribution in [2.75, 3.05) is 14.2 Å². The summed E-state index contributed by atoms with van der Waals surface area (Å²) in [5.74, 6) is 0.859. The maximum absolute atomic E-state index is 12.6. The Morgan fingerprint density at radius 3 is 2.17 bits per heavy atom. The summed E-state index contributed by atoms with van der Waals surface area (Å²) in [6.07, 6.45) is 0. The molecule has 0 fully saturated rings. The quantitative estimate of drug-likeness (QED) is 0.868. The Balaban J connectivity index is 2.28. The fraction of sp³-hybridized carbons (Fsp3) is 0.333. The molecule has 0 saturated carbocycles. The molecule has 0 aliphatic rings. The molecule has 6 heteroatoms. The monoisotopic (exact) mass is 349 g/mol. The molecule has 0 bridgehead atoms. The topological polar surface area (TPSA) is 64.6 Å². The lowest BCUT2D eigenvalue weighted by Gasteiger charge is -2.17. The minimum absolute atomic E-state index is 0.135. The molecule has 2 aromatic carbocycles. The summed E-state index contributed by atoms with van der Waals surface area (Å²) in [4.78, 5) is 0.135. The van der Waals surface area contributed by atoms with Gasteiger partial charge in [0.05, 0.1) is 19.1 Å². The lowest BCUT2D eigenvalue weighted by atomic mass is 10.0. The SMILES string of the molecule is COc1ccc(S(=O)(=O)NC(C)c2ccc(C)c(C)c2)cc1OC. The van der Waals surface area contributed by atoms with E-state index in [4.69, 9.17) is 9.47 Å². The van der Waals surface area contributed by atoms with Gasteiger partial charge in [-0.15, -0.1) is 0 Å². The molecule has 0 radical (unpaired) electrons. The van der Waals surface area contributed by atoms with Gasteiger partial charge in [-0.3, -0.25) is 0 Å². The number of hydrogen-bond donors (Lipinski definition) is 1. The molecule has 1 unspecified atom stereocenters. The van der Waals surface area contributed by atoms with Crippen LogP contribution in [-0.2, 0) is 10.0 Å². The van der Waals surface area contributed by atoms with Gasteiger partial charge in [0, 0.05) is 12.1 Å². The van der Waals surface area contributed by atoms with E-state index in [1.54, 1.807) is 6.07 Å². The molecular weight excluding hydrogens is 326 g/mol. The lowest BCUT2D eigenvalue weighted by molar-refractivity contribution is 0.354. The van der Waals surface area contributed by atoms with Gasteiger partial charge in [0.2, 0.25) is 10.0 Å². The number of benzene rings is 2. The van der Waals surface area contributed by atoms with Crippen LogP contribution in [0.15, 0.2) is 41.3 Å². The number of ether oxygens (including phenoxy) is 2.